The van der Waals surface area contributed by atoms with E-state index in [-0.39, 0.29) is 11.7 Å². The third-order valence-electron chi connectivity index (χ3n) is 5.05. The molecule has 2 heterocycles. The van der Waals surface area contributed by atoms with Crippen molar-refractivity contribution in [1.29, 1.82) is 0 Å². The molecule has 4 rings (SSSR count). The predicted molar refractivity (Wildman–Crippen MR) is 100 cm³/mol. The molecule has 1 fully saturated rings. The number of amides is 1. The average molecular weight is 367 g/mol. The number of piperidine rings is 1. The van der Waals surface area contributed by atoms with Gasteiger partial charge >= 0.3 is 0 Å². The van der Waals surface area contributed by atoms with E-state index in [1.54, 1.807) is 12.1 Å². The molecule has 1 N–H and O–H groups in total. The van der Waals surface area contributed by atoms with Gasteiger partial charge in [0.25, 0.3) is 0 Å². The summed E-state index contributed by atoms with van der Waals surface area (Å²) in [5.41, 5.74) is 2.87. The van der Waals surface area contributed by atoms with Gasteiger partial charge in [0.15, 0.2) is 0 Å². The topological polar surface area (TPSA) is 63.1 Å². The van der Waals surface area contributed by atoms with Crippen molar-refractivity contribution < 1.29 is 9.18 Å². The maximum Gasteiger partial charge on any atom is 0.234 e. The second-order valence-corrected chi connectivity index (χ2v) is 6.93. The van der Waals surface area contributed by atoms with E-state index >= 15 is 0 Å². The fourth-order valence-corrected chi connectivity index (χ4v) is 3.54. The lowest BCUT2D eigenvalue weighted by Gasteiger charge is -2.31. The molecule has 0 radical (unpaired) electrons. The van der Waals surface area contributed by atoms with Crippen LogP contribution in [0, 0.1) is 5.82 Å². The summed E-state index contributed by atoms with van der Waals surface area (Å²) in [4.78, 5) is 14.3. The van der Waals surface area contributed by atoms with Gasteiger partial charge in [-0.1, -0.05) is 29.5 Å². The van der Waals surface area contributed by atoms with Gasteiger partial charge in [-0.2, -0.15) is 0 Å². The summed E-state index contributed by atoms with van der Waals surface area (Å²) in [5.74, 6) is -0.280. The first-order chi connectivity index (χ1) is 13.2. The van der Waals surface area contributed by atoms with E-state index in [4.69, 9.17) is 0 Å². The Morgan fingerprint density at radius 2 is 1.85 bits per heavy atom. The van der Waals surface area contributed by atoms with Gasteiger partial charge in [0, 0.05) is 19.6 Å². The van der Waals surface area contributed by atoms with E-state index in [0.29, 0.717) is 19.1 Å². The van der Waals surface area contributed by atoms with E-state index in [0.717, 1.165) is 42.5 Å². The molecule has 1 amide bonds. The molecule has 1 aliphatic heterocycles. The molecule has 0 bridgehead atoms. The van der Waals surface area contributed by atoms with Crippen LogP contribution in [0.2, 0.25) is 0 Å². The highest BCUT2D eigenvalue weighted by Gasteiger charge is 2.23. The molecule has 0 saturated carbocycles. The van der Waals surface area contributed by atoms with Gasteiger partial charge in [-0.05, 0) is 42.7 Å². The molecule has 6 nitrogen and oxygen atoms in total. The summed E-state index contributed by atoms with van der Waals surface area (Å²) in [5, 5.41) is 11.4. The summed E-state index contributed by atoms with van der Waals surface area (Å²) in [6, 6.07) is 14.5. The number of carbonyl (C=O) groups is 1. The van der Waals surface area contributed by atoms with E-state index in [9.17, 15) is 9.18 Å². The molecule has 1 saturated heterocycles. The average Bonchev–Trinajstić information content (AvgIpc) is 3.12. The third-order valence-corrected chi connectivity index (χ3v) is 5.05. The third kappa shape index (κ3) is 4.14. The molecule has 2 aromatic carbocycles. The summed E-state index contributed by atoms with van der Waals surface area (Å²) in [6.07, 6.45) is 1.89. The fraction of sp³-hybridized carbons (Fsp3) is 0.350. The number of benzene rings is 2. The number of nitrogens with zero attached hydrogens (tertiary/aromatic N) is 4. The van der Waals surface area contributed by atoms with Crippen LogP contribution in [0.1, 0.15) is 24.4 Å². The van der Waals surface area contributed by atoms with Crippen molar-refractivity contribution in [2.45, 2.75) is 25.4 Å². The van der Waals surface area contributed by atoms with Crippen LogP contribution in [0.25, 0.3) is 11.0 Å². The summed E-state index contributed by atoms with van der Waals surface area (Å²) in [6.45, 7) is 2.50. The summed E-state index contributed by atoms with van der Waals surface area (Å²) in [7, 11) is 0. The zero-order valence-electron chi connectivity index (χ0n) is 15.0. The number of halogens is 1. The molecule has 0 atom stereocenters. The molecule has 140 valence electrons. The Balaban J connectivity index is 1.26. The highest BCUT2D eigenvalue weighted by atomic mass is 19.1. The lowest BCUT2D eigenvalue weighted by molar-refractivity contribution is -0.122. The lowest BCUT2D eigenvalue weighted by Crippen LogP contribution is -2.41. The van der Waals surface area contributed by atoms with Crippen molar-refractivity contribution in [3.63, 3.8) is 0 Å². The van der Waals surface area contributed by atoms with Crippen LogP contribution in [0.5, 0.6) is 0 Å². The molecular formula is C20H22FN5O. The van der Waals surface area contributed by atoms with Crippen LogP contribution in [0.15, 0.2) is 48.5 Å². The number of hydrogen-bond acceptors (Lipinski definition) is 4. The normalized spacial score (nSPS) is 15.9. The first-order valence-corrected chi connectivity index (χ1v) is 9.22. The number of fused-ring (bicyclic) bond motifs is 1. The highest BCUT2D eigenvalue weighted by molar-refractivity contribution is 5.78. The molecular weight excluding hydrogens is 345 g/mol. The van der Waals surface area contributed by atoms with Crippen molar-refractivity contribution in [3.05, 3.63) is 59.9 Å². The van der Waals surface area contributed by atoms with Crippen LogP contribution in [-0.4, -0.2) is 45.4 Å². The van der Waals surface area contributed by atoms with E-state index in [2.05, 4.69) is 20.5 Å². The van der Waals surface area contributed by atoms with Crippen LogP contribution in [-0.2, 0) is 11.3 Å². The standard InChI is InChI=1S/C20H22FN5O/c21-16-7-5-15(6-8-16)13-22-20(27)14-25-11-9-17(10-12-25)26-19-4-2-1-3-18(19)23-24-26/h1-8,17H,9-14H2,(H,22,27). The van der Waals surface area contributed by atoms with Crippen LogP contribution < -0.4 is 5.32 Å². The minimum Gasteiger partial charge on any atom is -0.351 e. The van der Waals surface area contributed by atoms with Crippen LogP contribution in [0.3, 0.4) is 0 Å². The first-order valence-electron chi connectivity index (χ1n) is 9.22. The van der Waals surface area contributed by atoms with E-state index in [1.807, 2.05) is 28.9 Å². The number of carbonyl (C=O) groups excluding carboxylic acids is 1. The Morgan fingerprint density at radius 3 is 2.63 bits per heavy atom. The number of rotatable bonds is 5. The van der Waals surface area contributed by atoms with Crippen molar-refractivity contribution in [1.82, 2.24) is 25.2 Å². The number of nitrogens with one attached hydrogen (secondary N) is 1. The van der Waals surface area contributed by atoms with Gasteiger partial charge in [-0.15, -0.1) is 5.10 Å². The lowest BCUT2D eigenvalue weighted by atomic mass is 10.0. The largest absolute Gasteiger partial charge is 0.351 e. The molecule has 3 aromatic rings. The monoisotopic (exact) mass is 367 g/mol. The van der Waals surface area contributed by atoms with Gasteiger partial charge in [-0.3, -0.25) is 9.69 Å². The van der Waals surface area contributed by atoms with E-state index < -0.39 is 0 Å². The molecule has 0 unspecified atom stereocenters. The highest BCUT2D eigenvalue weighted by Crippen LogP contribution is 2.25. The summed E-state index contributed by atoms with van der Waals surface area (Å²) < 4.78 is 14.9. The Morgan fingerprint density at radius 1 is 1.11 bits per heavy atom. The molecule has 1 aliphatic rings. The van der Waals surface area contributed by atoms with Gasteiger partial charge in [0.1, 0.15) is 11.3 Å². The fourth-order valence-electron chi connectivity index (χ4n) is 3.54. The zero-order valence-corrected chi connectivity index (χ0v) is 15.0. The Hall–Kier alpha value is -2.80. The quantitative estimate of drug-likeness (QED) is 0.753. The molecule has 7 heteroatoms. The SMILES string of the molecule is O=C(CN1CCC(n2nnc3ccccc32)CC1)NCc1ccc(F)cc1. The van der Waals surface area contributed by atoms with Gasteiger partial charge in [0.2, 0.25) is 5.91 Å². The van der Waals surface area contributed by atoms with Crippen molar-refractivity contribution in [2.75, 3.05) is 19.6 Å². The van der Waals surface area contributed by atoms with Crippen LogP contribution in [0.4, 0.5) is 4.39 Å². The Labute approximate surface area is 157 Å². The number of para-hydroxylation sites is 1. The summed E-state index contributed by atoms with van der Waals surface area (Å²) >= 11 is 0. The molecule has 27 heavy (non-hydrogen) atoms. The number of likely N-dealkylation sites (tertiary alicyclic amines) is 1. The van der Waals surface area contributed by atoms with Crippen molar-refractivity contribution >= 4 is 16.9 Å². The minimum atomic E-state index is -0.270. The maximum absolute atomic E-state index is 12.9. The number of aromatic nitrogens is 3. The van der Waals surface area contributed by atoms with Gasteiger partial charge in [-0.25, -0.2) is 9.07 Å². The maximum atomic E-state index is 12.9. The van der Waals surface area contributed by atoms with E-state index in [1.165, 1.54) is 12.1 Å². The Kier molecular flexibility index (Phi) is 5.11. The van der Waals surface area contributed by atoms with Crippen molar-refractivity contribution in [3.8, 4) is 0 Å². The first kappa shape index (κ1) is 17.6. The van der Waals surface area contributed by atoms with Gasteiger partial charge in [0.05, 0.1) is 18.1 Å². The number of hydrogen-bond donors (Lipinski definition) is 1. The second kappa shape index (κ2) is 7.84. The molecule has 0 aliphatic carbocycles. The van der Waals surface area contributed by atoms with Gasteiger partial charge < -0.3 is 5.32 Å². The van der Waals surface area contributed by atoms with Crippen molar-refractivity contribution in [2.24, 2.45) is 0 Å². The second-order valence-electron chi connectivity index (χ2n) is 6.93. The minimum absolute atomic E-state index is 0.0102. The zero-order chi connectivity index (χ0) is 18.6. The molecule has 0 spiro atoms. The van der Waals surface area contributed by atoms with Crippen LogP contribution >= 0.6 is 0 Å². The smallest absolute Gasteiger partial charge is 0.234 e. The Bertz CT molecular complexity index is 916. The predicted octanol–water partition coefficient (Wildman–Crippen LogP) is 2.52. The molecule has 1 aromatic heterocycles.